The van der Waals surface area contributed by atoms with E-state index in [-0.39, 0.29) is 5.91 Å². The van der Waals surface area contributed by atoms with Gasteiger partial charge in [-0.2, -0.15) is 0 Å². The van der Waals surface area contributed by atoms with Crippen LogP contribution in [-0.4, -0.2) is 30.4 Å². The van der Waals surface area contributed by atoms with Crippen molar-refractivity contribution in [2.24, 2.45) is 0 Å². The summed E-state index contributed by atoms with van der Waals surface area (Å²) in [6, 6.07) is 2.07. The molecule has 1 fully saturated rings. The van der Waals surface area contributed by atoms with Crippen LogP contribution in [0.3, 0.4) is 0 Å². The monoisotopic (exact) mass is 380 g/mol. The number of carbonyl (C=O) groups is 1. The Labute approximate surface area is 122 Å². The molecule has 1 saturated heterocycles. The van der Waals surface area contributed by atoms with E-state index in [1.165, 1.54) is 4.88 Å². The Kier molecular flexibility index (Phi) is 5.02. The normalized spacial score (nSPS) is 15.5. The summed E-state index contributed by atoms with van der Waals surface area (Å²) in [5, 5.41) is 3.20. The zero-order chi connectivity index (χ0) is 12.3. The molecular formula is C11H14Br2N2OS. The Morgan fingerprint density at radius 2 is 2.12 bits per heavy atom. The quantitative estimate of drug-likeness (QED) is 0.869. The molecular weight excluding hydrogens is 368 g/mol. The summed E-state index contributed by atoms with van der Waals surface area (Å²) >= 11 is 8.59. The van der Waals surface area contributed by atoms with Crippen molar-refractivity contribution in [2.75, 3.05) is 19.6 Å². The minimum absolute atomic E-state index is 0.220. The van der Waals surface area contributed by atoms with Crippen molar-refractivity contribution < 1.29 is 4.79 Å². The zero-order valence-electron chi connectivity index (χ0n) is 9.34. The summed E-state index contributed by atoms with van der Waals surface area (Å²) in [7, 11) is 0. The Balaban J connectivity index is 1.73. The van der Waals surface area contributed by atoms with Crippen LogP contribution in [0.1, 0.15) is 17.7 Å². The first-order valence-corrected chi connectivity index (χ1v) is 7.99. The fraction of sp³-hybridized carbons (Fsp3) is 0.545. The number of hydrogen-bond acceptors (Lipinski definition) is 3. The van der Waals surface area contributed by atoms with Crippen molar-refractivity contribution in [1.82, 2.24) is 10.2 Å². The van der Waals surface area contributed by atoms with Crippen LogP contribution >= 0.6 is 43.2 Å². The van der Waals surface area contributed by atoms with Crippen molar-refractivity contribution in [3.05, 3.63) is 19.2 Å². The standard InChI is InChI=1S/C11H14Br2N2OS/c12-9-5-8(17-11(9)13)6-14-7-10(16)15-3-1-2-4-15/h5,14H,1-4,6-7H2. The lowest BCUT2D eigenvalue weighted by molar-refractivity contribution is -0.129. The van der Waals surface area contributed by atoms with Crippen molar-refractivity contribution in [3.8, 4) is 0 Å². The molecule has 0 saturated carbocycles. The first-order chi connectivity index (χ1) is 8.16. The zero-order valence-corrected chi connectivity index (χ0v) is 13.3. The van der Waals surface area contributed by atoms with E-state index >= 15 is 0 Å². The average Bonchev–Trinajstić information content (AvgIpc) is 2.90. The van der Waals surface area contributed by atoms with Gasteiger partial charge in [-0.05, 0) is 50.8 Å². The maximum atomic E-state index is 11.8. The Morgan fingerprint density at radius 1 is 1.41 bits per heavy atom. The second-order valence-corrected chi connectivity index (χ2v) is 7.33. The molecule has 17 heavy (non-hydrogen) atoms. The van der Waals surface area contributed by atoms with Gasteiger partial charge in [0.15, 0.2) is 0 Å². The Hall–Kier alpha value is 0.0900. The molecule has 1 N–H and O–H groups in total. The molecule has 1 aliphatic heterocycles. The lowest BCUT2D eigenvalue weighted by Crippen LogP contribution is -2.35. The molecule has 1 amide bonds. The third kappa shape index (κ3) is 3.77. The number of rotatable bonds is 4. The highest BCUT2D eigenvalue weighted by Gasteiger charge is 2.17. The molecule has 94 valence electrons. The van der Waals surface area contributed by atoms with Gasteiger partial charge in [-0.1, -0.05) is 0 Å². The predicted molar refractivity (Wildman–Crippen MR) is 77.2 cm³/mol. The average molecular weight is 382 g/mol. The van der Waals surface area contributed by atoms with Gasteiger partial charge in [0.05, 0.1) is 10.3 Å². The molecule has 0 radical (unpaired) electrons. The summed E-state index contributed by atoms with van der Waals surface area (Å²) in [5.41, 5.74) is 0. The van der Waals surface area contributed by atoms with Crippen LogP contribution in [-0.2, 0) is 11.3 Å². The van der Waals surface area contributed by atoms with Gasteiger partial charge < -0.3 is 10.2 Å². The molecule has 0 spiro atoms. The molecule has 1 aromatic heterocycles. The first-order valence-electron chi connectivity index (χ1n) is 5.59. The highest BCUT2D eigenvalue weighted by molar-refractivity contribution is 9.13. The molecule has 1 aromatic rings. The maximum Gasteiger partial charge on any atom is 0.236 e. The fourth-order valence-corrected chi connectivity index (χ4v) is 4.00. The van der Waals surface area contributed by atoms with E-state index in [9.17, 15) is 4.79 Å². The third-order valence-corrected chi connectivity index (χ3v) is 5.99. The largest absolute Gasteiger partial charge is 0.342 e. The van der Waals surface area contributed by atoms with Crippen LogP contribution in [0, 0.1) is 0 Å². The van der Waals surface area contributed by atoms with Crippen LogP contribution < -0.4 is 5.32 Å². The fourth-order valence-electron chi connectivity index (χ4n) is 1.85. The molecule has 0 bridgehead atoms. The molecule has 2 heterocycles. The van der Waals surface area contributed by atoms with Crippen molar-refractivity contribution in [2.45, 2.75) is 19.4 Å². The van der Waals surface area contributed by atoms with Gasteiger partial charge in [-0.15, -0.1) is 11.3 Å². The van der Waals surface area contributed by atoms with Crippen LogP contribution in [0.2, 0.25) is 0 Å². The van der Waals surface area contributed by atoms with Gasteiger partial charge in [-0.3, -0.25) is 4.79 Å². The molecule has 2 rings (SSSR count). The smallest absolute Gasteiger partial charge is 0.236 e. The number of nitrogens with one attached hydrogen (secondary N) is 1. The minimum atomic E-state index is 0.220. The Bertz CT molecular complexity index is 383. The van der Waals surface area contributed by atoms with Gasteiger partial charge in [0, 0.05) is 29.0 Å². The highest BCUT2D eigenvalue weighted by atomic mass is 79.9. The topological polar surface area (TPSA) is 32.3 Å². The number of carbonyl (C=O) groups excluding carboxylic acids is 1. The van der Waals surface area contributed by atoms with Crippen LogP contribution in [0.15, 0.2) is 14.3 Å². The second-order valence-electron chi connectivity index (χ2n) is 4.03. The summed E-state index contributed by atoms with van der Waals surface area (Å²) in [4.78, 5) is 14.9. The lowest BCUT2D eigenvalue weighted by Gasteiger charge is -2.15. The van der Waals surface area contributed by atoms with Crippen LogP contribution in [0.5, 0.6) is 0 Å². The summed E-state index contributed by atoms with van der Waals surface area (Å²) in [5.74, 6) is 0.220. The van der Waals surface area contributed by atoms with E-state index in [4.69, 9.17) is 0 Å². The van der Waals surface area contributed by atoms with Crippen molar-refractivity contribution in [3.63, 3.8) is 0 Å². The number of hydrogen-bond donors (Lipinski definition) is 1. The SMILES string of the molecule is O=C(CNCc1cc(Br)c(Br)s1)N1CCCC1. The molecule has 0 aromatic carbocycles. The molecule has 0 unspecified atom stereocenters. The van der Waals surface area contributed by atoms with Gasteiger partial charge in [0.2, 0.25) is 5.91 Å². The van der Waals surface area contributed by atoms with Gasteiger partial charge >= 0.3 is 0 Å². The van der Waals surface area contributed by atoms with Crippen molar-refractivity contribution in [1.29, 1.82) is 0 Å². The van der Waals surface area contributed by atoms with E-state index in [0.717, 1.165) is 40.7 Å². The van der Waals surface area contributed by atoms with Gasteiger partial charge in [0.1, 0.15) is 0 Å². The first kappa shape index (κ1) is 13.5. The van der Waals surface area contributed by atoms with Crippen molar-refractivity contribution >= 4 is 49.1 Å². The number of likely N-dealkylation sites (tertiary alicyclic amines) is 1. The molecule has 1 aliphatic rings. The van der Waals surface area contributed by atoms with Gasteiger partial charge in [0.25, 0.3) is 0 Å². The summed E-state index contributed by atoms with van der Waals surface area (Å²) in [6.07, 6.45) is 2.30. The lowest BCUT2D eigenvalue weighted by atomic mass is 10.4. The Morgan fingerprint density at radius 3 is 2.71 bits per heavy atom. The molecule has 0 aliphatic carbocycles. The second kappa shape index (κ2) is 6.31. The van der Waals surface area contributed by atoms with E-state index in [2.05, 4.69) is 43.2 Å². The van der Waals surface area contributed by atoms with E-state index in [1.54, 1.807) is 11.3 Å². The summed E-state index contributed by atoms with van der Waals surface area (Å²) < 4.78 is 2.17. The van der Waals surface area contributed by atoms with E-state index < -0.39 is 0 Å². The van der Waals surface area contributed by atoms with E-state index in [0.29, 0.717) is 6.54 Å². The molecule has 3 nitrogen and oxygen atoms in total. The maximum absolute atomic E-state index is 11.8. The molecule has 6 heteroatoms. The number of amides is 1. The minimum Gasteiger partial charge on any atom is -0.342 e. The third-order valence-electron chi connectivity index (χ3n) is 2.73. The number of thiophene rings is 1. The van der Waals surface area contributed by atoms with E-state index in [1.807, 2.05) is 4.90 Å². The highest BCUT2D eigenvalue weighted by Crippen LogP contribution is 2.32. The van der Waals surface area contributed by atoms with Crippen LogP contribution in [0.25, 0.3) is 0 Å². The molecule has 0 atom stereocenters. The van der Waals surface area contributed by atoms with Gasteiger partial charge in [-0.25, -0.2) is 0 Å². The number of nitrogens with zero attached hydrogens (tertiary/aromatic N) is 1. The van der Waals surface area contributed by atoms with Crippen LogP contribution in [0.4, 0.5) is 0 Å². The summed E-state index contributed by atoms with van der Waals surface area (Å²) in [6.45, 7) is 3.04. The predicted octanol–water partition coefficient (Wildman–Crippen LogP) is 2.99. The number of halogens is 2.